The van der Waals surface area contributed by atoms with Gasteiger partial charge in [-0.15, -0.1) is 10.2 Å². The monoisotopic (exact) mass is 432 g/mol. The van der Waals surface area contributed by atoms with E-state index in [1.807, 2.05) is 49.4 Å². The highest BCUT2D eigenvalue weighted by molar-refractivity contribution is 8.01. The number of hydrogen-bond acceptors (Lipinski definition) is 6. The van der Waals surface area contributed by atoms with Crippen LogP contribution in [0.1, 0.15) is 20.9 Å². The third-order valence-corrected chi connectivity index (χ3v) is 6.18. The number of aromatic nitrogens is 2. The summed E-state index contributed by atoms with van der Waals surface area (Å²) in [7, 11) is 0. The number of para-hydroxylation sites is 1. The maximum absolute atomic E-state index is 12.3. The lowest BCUT2D eigenvalue weighted by Crippen LogP contribution is -2.24. The van der Waals surface area contributed by atoms with Gasteiger partial charge < -0.3 is 10.6 Å². The fraction of sp³-hybridized carbons (Fsp3) is 0.158. The molecule has 2 N–H and O–H groups in total. The van der Waals surface area contributed by atoms with Gasteiger partial charge in [-0.2, -0.15) is 0 Å². The summed E-state index contributed by atoms with van der Waals surface area (Å²) in [4.78, 5) is 24.3. The minimum Gasteiger partial charge on any atom is -0.351 e. The Morgan fingerprint density at radius 1 is 1.11 bits per heavy atom. The molecule has 0 saturated carbocycles. The highest BCUT2D eigenvalue weighted by Gasteiger charge is 2.15. The van der Waals surface area contributed by atoms with Crippen LogP contribution >= 0.6 is 34.7 Å². The van der Waals surface area contributed by atoms with E-state index in [1.54, 1.807) is 6.07 Å². The van der Waals surface area contributed by atoms with Crippen molar-refractivity contribution in [3.05, 3.63) is 69.7 Å². The van der Waals surface area contributed by atoms with Crippen LogP contribution in [0.15, 0.2) is 52.9 Å². The van der Waals surface area contributed by atoms with E-state index in [-0.39, 0.29) is 22.6 Å². The average molecular weight is 433 g/mol. The predicted octanol–water partition coefficient (Wildman–Crippen LogP) is 4.16. The lowest BCUT2D eigenvalue weighted by atomic mass is 10.2. The van der Waals surface area contributed by atoms with E-state index in [4.69, 9.17) is 11.6 Å². The molecular formula is C19H17ClN4O2S2. The van der Waals surface area contributed by atoms with E-state index in [0.29, 0.717) is 15.9 Å². The standard InChI is InChI=1S/C19H17ClN4O2S2/c1-12-6-2-5-9-15(12)22-17(26)18-23-24-19(28-18)27-11-16(25)21-10-13-7-3-4-8-14(13)20/h2-9H,10-11H2,1H3,(H,21,25)(H,22,26). The summed E-state index contributed by atoms with van der Waals surface area (Å²) < 4.78 is 0.558. The van der Waals surface area contributed by atoms with E-state index >= 15 is 0 Å². The second kappa shape index (κ2) is 9.68. The van der Waals surface area contributed by atoms with Gasteiger partial charge in [-0.25, -0.2) is 0 Å². The predicted molar refractivity (Wildman–Crippen MR) is 113 cm³/mol. The van der Waals surface area contributed by atoms with Gasteiger partial charge >= 0.3 is 0 Å². The fourth-order valence-corrected chi connectivity index (χ4v) is 4.04. The molecule has 1 heterocycles. The van der Waals surface area contributed by atoms with Gasteiger partial charge in [0.15, 0.2) is 4.34 Å². The highest BCUT2D eigenvalue weighted by atomic mass is 35.5. The molecule has 3 rings (SSSR count). The van der Waals surface area contributed by atoms with Crippen LogP contribution < -0.4 is 10.6 Å². The molecule has 1 aromatic heterocycles. The molecule has 0 spiro atoms. The van der Waals surface area contributed by atoms with Gasteiger partial charge in [0.05, 0.1) is 5.75 Å². The summed E-state index contributed by atoms with van der Waals surface area (Å²) in [6.45, 7) is 2.28. The molecule has 0 radical (unpaired) electrons. The van der Waals surface area contributed by atoms with Crippen LogP contribution in [-0.4, -0.2) is 27.8 Å². The number of rotatable bonds is 7. The Bertz CT molecular complexity index is 993. The van der Waals surface area contributed by atoms with Crippen molar-refractivity contribution in [2.24, 2.45) is 0 Å². The highest BCUT2D eigenvalue weighted by Crippen LogP contribution is 2.23. The summed E-state index contributed by atoms with van der Waals surface area (Å²) in [5.41, 5.74) is 2.55. The first-order valence-corrected chi connectivity index (χ1v) is 10.5. The second-order valence-electron chi connectivity index (χ2n) is 5.80. The zero-order chi connectivity index (χ0) is 19.9. The van der Waals surface area contributed by atoms with E-state index in [0.717, 1.165) is 28.2 Å². The number of anilines is 1. The Morgan fingerprint density at radius 2 is 1.86 bits per heavy atom. The van der Waals surface area contributed by atoms with Gasteiger partial charge in [-0.3, -0.25) is 9.59 Å². The van der Waals surface area contributed by atoms with Crippen LogP contribution in [-0.2, 0) is 11.3 Å². The number of nitrogens with zero attached hydrogens (tertiary/aromatic N) is 2. The molecule has 0 fully saturated rings. The van der Waals surface area contributed by atoms with Gasteiger partial charge in [0.2, 0.25) is 10.9 Å². The number of thioether (sulfide) groups is 1. The van der Waals surface area contributed by atoms with Crippen LogP contribution in [0.3, 0.4) is 0 Å². The number of aryl methyl sites for hydroxylation is 1. The zero-order valence-electron chi connectivity index (χ0n) is 14.9. The molecule has 0 bridgehead atoms. The SMILES string of the molecule is Cc1ccccc1NC(=O)c1nnc(SCC(=O)NCc2ccccc2Cl)s1. The normalized spacial score (nSPS) is 10.5. The van der Waals surface area contributed by atoms with Crippen LogP contribution in [0, 0.1) is 6.92 Å². The third-order valence-electron chi connectivity index (χ3n) is 3.75. The Labute approximate surface area is 175 Å². The maximum Gasteiger partial charge on any atom is 0.286 e. The summed E-state index contributed by atoms with van der Waals surface area (Å²) >= 11 is 8.46. The summed E-state index contributed by atoms with van der Waals surface area (Å²) in [6.07, 6.45) is 0. The first-order valence-electron chi connectivity index (χ1n) is 8.36. The zero-order valence-corrected chi connectivity index (χ0v) is 17.3. The smallest absolute Gasteiger partial charge is 0.286 e. The summed E-state index contributed by atoms with van der Waals surface area (Å²) in [6, 6.07) is 14.8. The van der Waals surface area contributed by atoms with E-state index in [9.17, 15) is 9.59 Å². The molecule has 0 aliphatic carbocycles. The average Bonchev–Trinajstić information content (AvgIpc) is 3.17. The Kier molecular flexibility index (Phi) is 7.02. The molecule has 0 atom stereocenters. The van der Waals surface area contributed by atoms with Gasteiger partial charge in [0, 0.05) is 17.3 Å². The van der Waals surface area contributed by atoms with Crippen LogP contribution in [0.2, 0.25) is 5.02 Å². The van der Waals surface area contributed by atoms with Crippen LogP contribution in [0.4, 0.5) is 5.69 Å². The third kappa shape index (κ3) is 5.54. The number of hydrogen-bond donors (Lipinski definition) is 2. The van der Waals surface area contributed by atoms with Crippen molar-refractivity contribution < 1.29 is 9.59 Å². The van der Waals surface area contributed by atoms with Crippen LogP contribution in [0.25, 0.3) is 0 Å². The Morgan fingerprint density at radius 3 is 2.64 bits per heavy atom. The fourth-order valence-electron chi connectivity index (χ4n) is 2.26. The number of amides is 2. The summed E-state index contributed by atoms with van der Waals surface area (Å²) in [5.74, 6) is -0.286. The van der Waals surface area contributed by atoms with Gasteiger partial charge in [-0.05, 0) is 30.2 Å². The molecule has 144 valence electrons. The molecule has 28 heavy (non-hydrogen) atoms. The van der Waals surface area contributed by atoms with Crippen molar-refractivity contribution in [2.75, 3.05) is 11.1 Å². The molecule has 6 nitrogen and oxygen atoms in total. The van der Waals surface area contributed by atoms with Gasteiger partial charge in [0.25, 0.3) is 5.91 Å². The molecular weight excluding hydrogens is 416 g/mol. The molecule has 0 aliphatic rings. The Balaban J connectivity index is 1.49. The minimum absolute atomic E-state index is 0.147. The Hall–Kier alpha value is -2.42. The second-order valence-corrected chi connectivity index (χ2v) is 8.41. The maximum atomic E-state index is 12.3. The largest absolute Gasteiger partial charge is 0.351 e. The molecule has 0 saturated heterocycles. The first-order chi connectivity index (χ1) is 13.5. The molecule has 0 unspecified atom stereocenters. The molecule has 3 aromatic rings. The first kappa shape index (κ1) is 20.3. The van der Waals surface area contributed by atoms with E-state index in [2.05, 4.69) is 20.8 Å². The van der Waals surface area contributed by atoms with E-state index in [1.165, 1.54) is 11.8 Å². The van der Waals surface area contributed by atoms with Crippen molar-refractivity contribution in [3.8, 4) is 0 Å². The quantitative estimate of drug-likeness (QED) is 0.547. The number of benzene rings is 2. The van der Waals surface area contributed by atoms with Crippen molar-refractivity contribution in [2.45, 2.75) is 17.8 Å². The minimum atomic E-state index is -0.318. The van der Waals surface area contributed by atoms with Crippen molar-refractivity contribution in [1.82, 2.24) is 15.5 Å². The van der Waals surface area contributed by atoms with Crippen LogP contribution in [0.5, 0.6) is 0 Å². The number of nitrogens with one attached hydrogen (secondary N) is 2. The lowest BCUT2D eigenvalue weighted by Gasteiger charge is -2.06. The number of carbonyl (C=O) groups is 2. The number of halogens is 1. The van der Waals surface area contributed by atoms with Crippen molar-refractivity contribution in [1.29, 1.82) is 0 Å². The van der Waals surface area contributed by atoms with Crippen molar-refractivity contribution in [3.63, 3.8) is 0 Å². The molecule has 9 heteroatoms. The molecule has 0 aliphatic heterocycles. The summed E-state index contributed by atoms with van der Waals surface area (Å²) in [5, 5.41) is 14.4. The van der Waals surface area contributed by atoms with Gasteiger partial charge in [-0.1, -0.05) is 71.1 Å². The molecule has 2 amide bonds. The molecule has 2 aromatic carbocycles. The van der Waals surface area contributed by atoms with E-state index < -0.39 is 0 Å². The lowest BCUT2D eigenvalue weighted by molar-refractivity contribution is -0.118. The topological polar surface area (TPSA) is 84.0 Å². The van der Waals surface area contributed by atoms with Gasteiger partial charge in [0.1, 0.15) is 0 Å². The van der Waals surface area contributed by atoms with Crippen molar-refractivity contribution >= 4 is 52.2 Å². The number of carbonyl (C=O) groups excluding carboxylic acids is 2.